The molecule has 0 aliphatic heterocycles. The Morgan fingerprint density at radius 3 is 2.21 bits per heavy atom. The van der Waals surface area contributed by atoms with Crippen LogP contribution in [0.3, 0.4) is 0 Å². The highest BCUT2D eigenvalue weighted by Gasteiger charge is 2.07. The van der Waals surface area contributed by atoms with E-state index in [-0.39, 0.29) is 4.90 Å². The van der Waals surface area contributed by atoms with E-state index in [1.807, 2.05) is 0 Å². The highest BCUT2D eigenvalue weighted by molar-refractivity contribution is 7.89. The Morgan fingerprint density at radius 1 is 1.11 bits per heavy atom. The van der Waals surface area contributed by atoms with Crippen LogP contribution in [0.5, 0.6) is 0 Å². The van der Waals surface area contributed by atoms with Gasteiger partial charge in [-0.25, -0.2) is 13.6 Å². The van der Waals surface area contributed by atoms with Gasteiger partial charge in [0.1, 0.15) is 5.78 Å². The van der Waals surface area contributed by atoms with E-state index < -0.39 is 10.0 Å². The summed E-state index contributed by atoms with van der Waals surface area (Å²) < 4.78 is 22.2. The van der Waals surface area contributed by atoms with Crippen molar-refractivity contribution in [3.63, 3.8) is 0 Å². The molecule has 0 bridgehead atoms. The SMILES string of the molecule is CCCCC(=O)CCCc1ccc(S(N)(=O)=O)cc1. The molecule has 0 aromatic heterocycles. The van der Waals surface area contributed by atoms with Crippen molar-refractivity contribution >= 4 is 15.8 Å². The lowest BCUT2D eigenvalue weighted by Crippen LogP contribution is -2.11. The monoisotopic (exact) mass is 283 g/mol. The molecule has 0 amide bonds. The van der Waals surface area contributed by atoms with Gasteiger partial charge in [-0.1, -0.05) is 25.5 Å². The van der Waals surface area contributed by atoms with Crippen LogP contribution in [0.1, 0.15) is 44.6 Å². The molecule has 0 fully saturated rings. The number of sulfonamides is 1. The lowest BCUT2D eigenvalue weighted by atomic mass is 10.0. The number of carbonyl (C=O) groups is 1. The zero-order valence-electron chi connectivity index (χ0n) is 11.3. The molecule has 0 aliphatic carbocycles. The van der Waals surface area contributed by atoms with E-state index in [0.717, 1.165) is 31.2 Å². The second-order valence-corrected chi connectivity index (χ2v) is 6.25. The topological polar surface area (TPSA) is 77.2 Å². The van der Waals surface area contributed by atoms with Crippen LogP contribution >= 0.6 is 0 Å². The van der Waals surface area contributed by atoms with Crippen LogP contribution in [-0.2, 0) is 21.2 Å². The van der Waals surface area contributed by atoms with E-state index in [9.17, 15) is 13.2 Å². The highest BCUT2D eigenvalue weighted by atomic mass is 32.2. The van der Waals surface area contributed by atoms with E-state index in [2.05, 4.69) is 6.92 Å². The molecule has 0 radical (unpaired) electrons. The molecule has 1 aromatic carbocycles. The Balaban J connectivity index is 2.40. The maximum Gasteiger partial charge on any atom is 0.238 e. The summed E-state index contributed by atoms with van der Waals surface area (Å²) in [4.78, 5) is 11.6. The summed E-state index contributed by atoms with van der Waals surface area (Å²) in [6.07, 6.45) is 4.85. The Hall–Kier alpha value is -1.20. The van der Waals surface area contributed by atoms with Gasteiger partial charge in [-0.2, -0.15) is 0 Å². The molecular weight excluding hydrogens is 262 g/mol. The van der Waals surface area contributed by atoms with Crippen LogP contribution in [0.25, 0.3) is 0 Å². The second kappa shape index (κ2) is 7.40. The normalized spacial score (nSPS) is 11.5. The van der Waals surface area contributed by atoms with Gasteiger partial charge in [0.05, 0.1) is 4.90 Å². The third-order valence-corrected chi connectivity index (χ3v) is 3.91. The van der Waals surface area contributed by atoms with E-state index in [4.69, 9.17) is 5.14 Å². The molecular formula is C14H21NO3S. The Labute approximate surface area is 115 Å². The first-order valence-corrected chi connectivity index (χ1v) is 8.11. The molecule has 2 N–H and O–H groups in total. The van der Waals surface area contributed by atoms with Crippen molar-refractivity contribution in [1.29, 1.82) is 0 Å². The molecule has 1 aromatic rings. The number of rotatable bonds is 8. The Bertz CT molecular complexity index is 506. The van der Waals surface area contributed by atoms with Gasteiger partial charge in [-0.15, -0.1) is 0 Å². The fourth-order valence-electron chi connectivity index (χ4n) is 1.83. The van der Waals surface area contributed by atoms with E-state index in [1.54, 1.807) is 12.1 Å². The average Bonchev–Trinajstić information content (AvgIpc) is 2.36. The van der Waals surface area contributed by atoms with Crippen molar-refractivity contribution in [3.05, 3.63) is 29.8 Å². The minimum atomic E-state index is -3.62. The predicted molar refractivity (Wildman–Crippen MR) is 75.3 cm³/mol. The third kappa shape index (κ3) is 5.98. The molecule has 0 saturated carbocycles. The quantitative estimate of drug-likeness (QED) is 0.796. The molecule has 0 aliphatic rings. The van der Waals surface area contributed by atoms with E-state index in [1.165, 1.54) is 12.1 Å². The van der Waals surface area contributed by atoms with Crippen LogP contribution in [0.15, 0.2) is 29.2 Å². The number of hydrogen-bond acceptors (Lipinski definition) is 3. The number of primary sulfonamides is 1. The van der Waals surface area contributed by atoms with Gasteiger partial charge in [0, 0.05) is 12.8 Å². The largest absolute Gasteiger partial charge is 0.300 e. The van der Waals surface area contributed by atoms with Gasteiger partial charge < -0.3 is 0 Å². The summed E-state index contributed by atoms with van der Waals surface area (Å²) in [5.74, 6) is 0.308. The van der Waals surface area contributed by atoms with Crippen LogP contribution in [0.2, 0.25) is 0 Å². The third-order valence-electron chi connectivity index (χ3n) is 2.98. The number of benzene rings is 1. The first-order valence-electron chi connectivity index (χ1n) is 6.57. The van der Waals surface area contributed by atoms with Crippen LogP contribution in [0, 0.1) is 0 Å². The van der Waals surface area contributed by atoms with Crippen LogP contribution < -0.4 is 5.14 Å². The molecule has 4 nitrogen and oxygen atoms in total. The van der Waals surface area contributed by atoms with Crippen molar-refractivity contribution in [2.24, 2.45) is 5.14 Å². The lowest BCUT2D eigenvalue weighted by molar-refractivity contribution is -0.119. The number of hydrogen-bond donors (Lipinski definition) is 1. The molecule has 5 heteroatoms. The minimum absolute atomic E-state index is 0.121. The maximum atomic E-state index is 11.5. The molecule has 0 spiro atoms. The Kier molecular flexibility index (Phi) is 6.18. The van der Waals surface area contributed by atoms with Gasteiger partial charge in [-0.05, 0) is 37.0 Å². The number of ketones is 1. The fraction of sp³-hybridized carbons (Fsp3) is 0.500. The van der Waals surface area contributed by atoms with Gasteiger partial charge in [0.15, 0.2) is 0 Å². The van der Waals surface area contributed by atoms with Crippen molar-refractivity contribution in [1.82, 2.24) is 0 Å². The maximum absolute atomic E-state index is 11.5. The van der Waals surface area contributed by atoms with Crippen molar-refractivity contribution in [3.8, 4) is 0 Å². The van der Waals surface area contributed by atoms with Gasteiger partial charge in [0.2, 0.25) is 10.0 Å². The lowest BCUT2D eigenvalue weighted by Gasteiger charge is -2.03. The summed E-state index contributed by atoms with van der Waals surface area (Å²) in [5.41, 5.74) is 1.02. The highest BCUT2D eigenvalue weighted by Crippen LogP contribution is 2.11. The molecule has 1 rings (SSSR count). The summed E-state index contributed by atoms with van der Waals surface area (Å²) in [5, 5.41) is 5.02. The number of nitrogens with two attached hydrogens (primary N) is 1. The first-order chi connectivity index (χ1) is 8.93. The zero-order chi connectivity index (χ0) is 14.3. The van der Waals surface area contributed by atoms with Gasteiger partial charge in [-0.3, -0.25) is 4.79 Å². The predicted octanol–water partition coefficient (Wildman–Crippen LogP) is 2.42. The average molecular weight is 283 g/mol. The molecule has 0 heterocycles. The molecule has 0 unspecified atom stereocenters. The minimum Gasteiger partial charge on any atom is -0.300 e. The number of carbonyl (C=O) groups excluding carboxylic acids is 1. The molecule has 106 valence electrons. The van der Waals surface area contributed by atoms with Gasteiger partial charge in [0.25, 0.3) is 0 Å². The zero-order valence-corrected chi connectivity index (χ0v) is 12.1. The van der Waals surface area contributed by atoms with Crippen molar-refractivity contribution in [2.45, 2.75) is 50.3 Å². The van der Waals surface area contributed by atoms with E-state index >= 15 is 0 Å². The molecule has 0 saturated heterocycles. The number of unbranched alkanes of at least 4 members (excludes halogenated alkanes) is 1. The van der Waals surface area contributed by atoms with Crippen molar-refractivity contribution < 1.29 is 13.2 Å². The first kappa shape index (κ1) is 15.9. The van der Waals surface area contributed by atoms with Crippen molar-refractivity contribution in [2.75, 3.05) is 0 Å². The van der Waals surface area contributed by atoms with Crippen LogP contribution in [-0.4, -0.2) is 14.2 Å². The second-order valence-electron chi connectivity index (χ2n) is 4.68. The number of Topliss-reactive ketones (excluding diaryl/α,β-unsaturated/α-hetero) is 1. The van der Waals surface area contributed by atoms with Gasteiger partial charge >= 0.3 is 0 Å². The molecule has 0 atom stereocenters. The fourth-order valence-corrected chi connectivity index (χ4v) is 2.35. The standard InChI is InChI=1S/C14H21NO3S/c1-2-3-6-13(16)7-4-5-12-8-10-14(11-9-12)19(15,17)18/h8-11H,2-7H2,1H3,(H2,15,17,18). The Morgan fingerprint density at radius 2 is 1.68 bits per heavy atom. The number of aryl methyl sites for hydroxylation is 1. The summed E-state index contributed by atoms with van der Waals surface area (Å²) in [6, 6.07) is 6.50. The summed E-state index contributed by atoms with van der Waals surface area (Å²) in [6.45, 7) is 2.07. The smallest absolute Gasteiger partial charge is 0.238 e. The van der Waals surface area contributed by atoms with Crippen LogP contribution in [0.4, 0.5) is 0 Å². The molecule has 19 heavy (non-hydrogen) atoms. The van der Waals surface area contributed by atoms with E-state index in [0.29, 0.717) is 18.6 Å². The summed E-state index contributed by atoms with van der Waals surface area (Å²) in [7, 11) is -3.62. The summed E-state index contributed by atoms with van der Waals surface area (Å²) >= 11 is 0.